The molecule has 0 radical (unpaired) electrons. The summed E-state index contributed by atoms with van der Waals surface area (Å²) in [6, 6.07) is 20.5. The van der Waals surface area contributed by atoms with Gasteiger partial charge in [0.05, 0.1) is 11.4 Å². The average molecular weight is 460 g/mol. The molecule has 0 spiro atoms. The molecule has 0 saturated heterocycles. The maximum absolute atomic E-state index is 14.7. The molecule has 0 atom stereocenters. The Balaban J connectivity index is 1.50. The van der Waals surface area contributed by atoms with E-state index in [1.807, 2.05) is 54.5 Å². The Bertz CT molecular complexity index is 1220. The first-order valence-electron chi connectivity index (χ1n) is 11.4. The largest absolute Gasteiger partial charge is 0.285 e. The summed E-state index contributed by atoms with van der Waals surface area (Å²) in [6.45, 7) is 0. The number of hydrazine groups is 1. The first kappa shape index (κ1) is 21.9. The van der Waals surface area contributed by atoms with Crippen molar-refractivity contribution in [2.24, 2.45) is 4.99 Å². The molecular weight excluding hydrogens is 433 g/mol. The zero-order valence-electron chi connectivity index (χ0n) is 18.6. The van der Waals surface area contributed by atoms with Crippen molar-refractivity contribution >= 4 is 29.1 Å². The maximum Gasteiger partial charge on any atom is 0.265 e. The topological polar surface area (TPSA) is 44.7 Å². The molecular formula is C27H26FN3OS. The number of benzene rings is 3. The smallest absolute Gasteiger partial charge is 0.265 e. The Morgan fingerprint density at radius 2 is 1.70 bits per heavy atom. The summed E-state index contributed by atoms with van der Waals surface area (Å²) in [5.41, 5.74) is 6.15. The number of rotatable bonds is 4. The second kappa shape index (κ2) is 9.49. The third kappa shape index (κ3) is 4.59. The van der Waals surface area contributed by atoms with Gasteiger partial charge in [0, 0.05) is 39.6 Å². The summed E-state index contributed by atoms with van der Waals surface area (Å²) < 4.78 is 14.7. The highest BCUT2D eigenvalue weighted by Crippen LogP contribution is 2.41. The second-order valence-corrected chi connectivity index (χ2v) is 9.65. The van der Waals surface area contributed by atoms with Crippen LogP contribution in [0.1, 0.15) is 53.6 Å². The Kier molecular flexibility index (Phi) is 6.29. The standard InChI is InChI=1S/C27H26FN3OS/c1-31(19-9-3-2-4-10-19)30-27(32)18-15-16-25-23(17-18)29-26(20-11-5-7-13-22(20)28)21-12-6-8-14-24(21)33-25/h5-8,11-17,19H,2-4,9-10H2,1H3,(H,30,32). The molecule has 0 bridgehead atoms. The van der Waals surface area contributed by atoms with Gasteiger partial charge in [-0.3, -0.25) is 10.2 Å². The molecule has 4 nitrogen and oxygen atoms in total. The van der Waals surface area contributed by atoms with Gasteiger partial charge in [-0.15, -0.1) is 0 Å². The van der Waals surface area contributed by atoms with Gasteiger partial charge in [0.15, 0.2) is 0 Å². The van der Waals surface area contributed by atoms with Crippen molar-refractivity contribution in [2.75, 3.05) is 7.05 Å². The molecule has 3 aromatic carbocycles. The van der Waals surface area contributed by atoms with Crippen LogP contribution in [0.4, 0.5) is 10.1 Å². The fourth-order valence-corrected chi connectivity index (χ4v) is 5.53. The van der Waals surface area contributed by atoms with Gasteiger partial charge in [0.1, 0.15) is 5.82 Å². The zero-order chi connectivity index (χ0) is 22.8. The Morgan fingerprint density at radius 3 is 2.48 bits per heavy atom. The van der Waals surface area contributed by atoms with Crippen LogP contribution < -0.4 is 5.43 Å². The number of amides is 1. The summed E-state index contributed by atoms with van der Waals surface area (Å²) >= 11 is 1.59. The summed E-state index contributed by atoms with van der Waals surface area (Å²) in [6.07, 6.45) is 5.88. The third-order valence-electron chi connectivity index (χ3n) is 6.34. The minimum atomic E-state index is -0.317. The molecule has 1 N–H and O–H groups in total. The van der Waals surface area contributed by atoms with E-state index in [2.05, 4.69) is 5.43 Å². The lowest BCUT2D eigenvalue weighted by atomic mass is 9.95. The van der Waals surface area contributed by atoms with E-state index in [9.17, 15) is 9.18 Å². The minimum Gasteiger partial charge on any atom is -0.285 e. The highest BCUT2D eigenvalue weighted by molar-refractivity contribution is 7.99. The molecule has 1 aliphatic heterocycles. The normalized spacial score (nSPS) is 15.9. The molecule has 33 heavy (non-hydrogen) atoms. The Labute approximate surface area is 197 Å². The first-order chi connectivity index (χ1) is 16.1. The van der Waals surface area contributed by atoms with Gasteiger partial charge in [0.25, 0.3) is 5.91 Å². The van der Waals surface area contributed by atoms with Crippen LogP contribution >= 0.6 is 11.8 Å². The number of hydrogen-bond donors (Lipinski definition) is 1. The predicted octanol–water partition coefficient (Wildman–Crippen LogP) is 6.37. The van der Waals surface area contributed by atoms with Crippen molar-refractivity contribution in [3.05, 3.63) is 89.2 Å². The van der Waals surface area contributed by atoms with E-state index in [1.54, 1.807) is 30.0 Å². The van der Waals surface area contributed by atoms with Crippen molar-refractivity contribution in [1.82, 2.24) is 10.4 Å². The third-order valence-corrected chi connectivity index (χ3v) is 7.49. The highest BCUT2D eigenvalue weighted by Gasteiger charge is 2.23. The molecule has 5 rings (SSSR count). The number of fused-ring (bicyclic) bond motifs is 2. The molecule has 1 amide bonds. The van der Waals surface area contributed by atoms with E-state index in [1.165, 1.54) is 25.3 Å². The monoisotopic (exact) mass is 459 g/mol. The van der Waals surface area contributed by atoms with Crippen molar-refractivity contribution in [3.63, 3.8) is 0 Å². The van der Waals surface area contributed by atoms with Gasteiger partial charge in [0.2, 0.25) is 0 Å². The van der Waals surface area contributed by atoms with Crippen molar-refractivity contribution in [1.29, 1.82) is 0 Å². The lowest BCUT2D eigenvalue weighted by molar-refractivity contribution is 0.0711. The molecule has 1 saturated carbocycles. The van der Waals surface area contributed by atoms with E-state index < -0.39 is 0 Å². The number of carbonyl (C=O) groups is 1. The molecule has 0 unspecified atom stereocenters. The molecule has 3 aromatic rings. The lowest BCUT2D eigenvalue weighted by Crippen LogP contribution is -2.46. The number of hydrogen-bond acceptors (Lipinski definition) is 4. The fourth-order valence-electron chi connectivity index (χ4n) is 4.53. The van der Waals surface area contributed by atoms with E-state index in [0.717, 1.165) is 28.2 Å². The summed E-state index contributed by atoms with van der Waals surface area (Å²) in [4.78, 5) is 19.9. The number of aliphatic imine (C=N–C) groups is 1. The molecule has 1 fully saturated rings. The second-order valence-electron chi connectivity index (χ2n) is 8.56. The molecule has 0 aromatic heterocycles. The van der Waals surface area contributed by atoms with Crippen molar-refractivity contribution in [2.45, 2.75) is 47.9 Å². The van der Waals surface area contributed by atoms with Gasteiger partial charge in [-0.05, 0) is 49.2 Å². The minimum absolute atomic E-state index is 0.153. The fraction of sp³-hybridized carbons (Fsp3) is 0.259. The summed E-state index contributed by atoms with van der Waals surface area (Å²) in [5.74, 6) is -0.470. The first-order valence-corrected chi connectivity index (χ1v) is 12.2. The molecule has 1 aliphatic carbocycles. The van der Waals surface area contributed by atoms with E-state index in [4.69, 9.17) is 4.99 Å². The highest BCUT2D eigenvalue weighted by atomic mass is 32.2. The van der Waals surface area contributed by atoms with Crippen LogP contribution in [0.25, 0.3) is 0 Å². The van der Waals surface area contributed by atoms with Crippen molar-refractivity contribution < 1.29 is 9.18 Å². The van der Waals surface area contributed by atoms with E-state index >= 15 is 0 Å². The lowest BCUT2D eigenvalue weighted by Gasteiger charge is -2.31. The van der Waals surface area contributed by atoms with Gasteiger partial charge in [-0.1, -0.05) is 61.4 Å². The van der Waals surface area contributed by atoms with Gasteiger partial charge < -0.3 is 0 Å². The number of halogens is 1. The van der Waals surface area contributed by atoms with Crippen LogP contribution in [-0.2, 0) is 0 Å². The van der Waals surface area contributed by atoms with E-state index in [0.29, 0.717) is 28.6 Å². The van der Waals surface area contributed by atoms with Crippen LogP contribution in [0, 0.1) is 5.82 Å². The number of nitrogens with one attached hydrogen (secondary N) is 1. The van der Waals surface area contributed by atoms with Gasteiger partial charge in [-0.2, -0.15) is 0 Å². The van der Waals surface area contributed by atoms with Crippen molar-refractivity contribution in [3.8, 4) is 0 Å². The quantitative estimate of drug-likeness (QED) is 0.361. The zero-order valence-corrected chi connectivity index (χ0v) is 19.4. The molecule has 1 heterocycles. The van der Waals surface area contributed by atoms with Crippen LogP contribution in [0.5, 0.6) is 0 Å². The average Bonchev–Trinajstić information content (AvgIpc) is 3.01. The van der Waals surface area contributed by atoms with Crippen LogP contribution in [-0.4, -0.2) is 29.7 Å². The molecule has 6 heteroatoms. The van der Waals surface area contributed by atoms with Crippen LogP contribution in [0.15, 0.2) is 81.5 Å². The number of nitrogens with zero attached hydrogens (tertiary/aromatic N) is 2. The summed E-state index contributed by atoms with van der Waals surface area (Å²) in [7, 11) is 1.94. The predicted molar refractivity (Wildman–Crippen MR) is 131 cm³/mol. The van der Waals surface area contributed by atoms with Gasteiger partial charge >= 0.3 is 0 Å². The Morgan fingerprint density at radius 1 is 0.970 bits per heavy atom. The molecule has 168 valence electrons. The number of carbonyl (C=O) groups excluding carboxylic acids is 1. The molecule has 2 aliphatic rings. The Hall–Kier alpha value is -2.96. The SMILES string of the molecule is CN(NC(=O)c1ccc2c(c1)N=C(c1ccccc1F)c1ccccc1S2)C1CCCCC1. The summed E-state index contributed by atoms with van der Waals surface area (Å²) in [5, 5.41) is 1.95. The maximum atomic E-state index is 14.7. The van der Waals surface area contributed by atoms with Gasteiger partial charge in [-0.25, -0.2) is 14.4 Å². The van der Waals surface area contributed by atoms with E-state index in [-0.39, 0.29) is 11.7 Å². The van der Waals surface area contributed by atoms with Crippen LogP contribution in [0.3, 0.4) is 0 Å². The van der Waals surface area contributed by atoms with Crippen LogP contribution in [0.2, 0.25) is 0 Å².